The topological polar surface area (TPSA) is 0 Å². The lowest BCUT2D eigenvalue weighted by Crippen LogP contribution is -2.66. The van der Waals surface area contributed by atoms with Crippen LogP contribution < -0.4 is 16.4 Å². The smallest absolute Gasteiger partial charge is 0.0814 e. The van der Waals surface area contributed by atoms with E-state index in [1.54, 1.807) is 0 Å². The summed E-state index contributed by atoms with van der Waals surface area (Å²) in [4.78, 5) is 0. The van der Waals surface area contributed by atoms with E-state index in [1.165, 1.54) is 118 Å². The molecule has 0 amide bonds. The van der Waals surface area contributed by atoms with Crippen LogP contribution in [0.1, 0.15) is 98.8 Å². The fourth-order valence-corrected chi connectivity index (χ4v) is 6.58. The maximum atomic E-state index is 2.33. The average Bonchev–Trinajstić information content (AvgIpc) is 3.02. The predicted octanol–water partition coefficient (Wildman–Crippen LogP) is 8.96. The van der Waals surface area contributed by atoms with Gasteiger partial charge in [0.2, 0.25) is 0 Å². The molecular formula is C38H60BN. The molecular weight excluding hydrogens is 481 g/mol. The van der Waals surface area contributed by atoms with E-state index in [9.17, 15) is 0 Å². The van der Waals surface area contributed by atoms with Crippen molar-refractivity contribution >= 4 is 22.5 Å². The quantitative estimate of drug-likeness (QED) is 0.111. The van der Waals surface area contributed by atoms with Crippen LogP contribution >= 0.6 is 0 Å². The van der Waals surface area contributed by atoms with Crippen LogP contribution in [0.2, 0.25) is 6.32 Å². The second-order valence-electron chi connectivity index (χ2n) is 12.1. The van der Waals surface area contributed by atoms with Gasteiger partial charge in [0.15, 0.2) is 0 Å². The molecule has 0 spiro atoms. The molecule has 0 atom stereocenters. The Hall–Kier alpha value is -2.32. The van der Waals surface area contributed by atoms with Gasteiger partial charge in [-0.25, -0.2) is 0 Å². The minimum absolute atomic E-state index is 0.913. The van der Waals surface area contributed by atoms with Crippen molar-refractivity contribution in [3.05, 3.63) is 91.0 Å². The highest BCUT2D eigenvalue weighted by molar-refractivity contribution is 7.11. The first-order valence-electron chi connectivity index (χ1n) is 16.8. The Morgan fingerprint density at radius 3 is 0.925 bits per heavy atom. The lowest BCUT2D eigenvalue weighted by atomic mass is 9.14. The van der Waals surface area contributed by atoms with E-state index in [0.717, 1.165) is 0 Å². The fraction of sp³-hybridized carbons (Fsp3) is 0.526. The number of hydrogen-bond acceptors (Lipinski definition) is 0. The van der Waals surface area contributed by atoms with Crippen molar-refractivity contribution < 1.29 is 4.48 Å². The zero-order valence-electron chi connectivity index (χ0n) is 26.8. The largest absolute Gasteiger partial charge is 0.324 e. The minimum Gasteiger partial charge on any atom is -0.324 e. The fourth-order valence-electron chi connectivity index (χ4n) is 6.58. The molecule has 0 radical (unpaired) electrons. The SMILES string of the molecule is CCCC[B-](c1ccccc1)(c1ccccc1)c1ccccc1.CCCC[N+](CCCC)(CCCC)CCCC. The summed E-state index contributed by atoms with van der Waals surface area (Å²) >= 11 is 0. The Morgan fingerprint density at radius 2 is 0.675 bits per heavy atom. The summed E-state index contributed by atoms with van der Waals surface area (Å²) in [6, 6.07) is 33.2. The van der Waals surface area contributed by atoms with E-state index < -0.39 is 6.15 Å². The molecule has 40 heavy (non-hydrogen) atoms. The second-order valence-corrected chi connectivity index (χ2v) is 12.1. The third-order valence-electron chi connectivity index (χ3n) is 9.04. The van der Waals surface area contributed by atoms with Gasteiger partial charge in [0.25, 0.3) is 0 Å². The number of hydrogen-bond donors (Lipinski definition) is 0. The van der Waals surface area contributed by atoms with Gasteiger partial charge in [-0.2, -0.15) is 22.7 Å². The Morgan fingerprint density at radius 1 is 0.400 bits per heavy atom. The van der Waals surface area contributed by atoms with Crippen molar-refractivity contribution in [2.75, 3.05) is 26.2 Å². The summed E-state index contributed by atoms with van der Waals surface area (Å²) in [6.07, 6.45) is 13.8. The number of quaternary nitrogens is 1. The molecule has 0 fully saturated rings. The first-order valence-corrected chi connectivity index (χ1v) is 16.8. The van der Waals surface area contributed by atoms with Crippen LogP contribution in [0.25, 0.3) is 0 Å². The Balaban J connectivity index is 0.000000296. The first kappa shape index (κ1) is 33.9. The Kier molecular flexibility index (Phi) is 16.7. The second kappa shape index (κ2) is 19.7. The minimum atomic E-state index is -0.913. The van der Waals surface area contributed by atoms with Gasteiger partial charge in [-0.15, -0.1) is 0 Å². The lowest BCUT2D eigenvalue weighted by Gasteiger charge is -2.43. The molecule has 0 aliphatic rings. The summed E-state index contributed by atoms with van der Waals surface area (Å²) in [5.41, 5.74) is 4.33. The molecule has 3 rings (SSSR count). The van der Waals surface area contributed by atoms with Crippen LogP contribution in [0.3, 0.4) is 0 Å². The summed E-state index contributed by atoms with van der Waals surface area (Å²) < 4.78 is 1.42. The van der Waals surface area contributed by atoms with Crippen molar-refractivity contribution in [2.45, 2.75) is 105 Å². The number of rotatable bonds is 18. The van der Waals surface area contributed by atoms with Gasteiger partial charge in [-0.1, -0.05) is 164 Å². The van der Waals surface area contributed by atoms with Gasteiger partial charge in [0.1, 0.15) is 0 Å². The summed E-state index contributed by atoms with van der Waals surface area (Å²) in [6.45, 7) is 17.3. The zero-order chi connectivity index (χ0) is 28.9. The third-order valence-corrected chi connectivity index (χ3v) is 9.04. The van der Waals surface area contributed by atoms with Crippen LogP contribution in [0.15, 0.2) is 91.0 Å². The molecule has 0 heterocycles. The van der Waals surface area contributed by atoms with E-state index in [4.69, 9.17) is 0 Å². The number of benzene rings is 3. The molecule has 0 aromatic heterocycles. The van der Waals surface area contributed by atoms with Crippen LogP contribution in [-0.4, -0.2) is 36.8 Å². The molecule has 2 heteroatoms. The highest BCUT2D eigenvalue weighted by Gasteiger charge is 2.29. The Labute approximate surface area is 248 Å². The molecule has 0 saturated carbocycles. The molecule has 0 N–H and O–H groups in total. The normalized spacial score (nSPS) is 11.6. The van der Waals surface area contributed by atoms with Gasteiger partial charge < -0.3 is 4.48 Å². The zero-order valence-corrected chi connectivity index (χ0v) is 26.8. The monoisotopic (exact) mass is 541 g/mol. The van der Waals surface area contributed by atoms with Crippen LogP contribution in [0, 0.1) is 0 Å². The van der Waals surface area contributed by atoms with Crippen LogP contribution in [-0.2, 0) is 0 Å². The molecule has 3 aromatic rings. The molecule has 220 valence electrons. The molecule has 0 unspecified atom stereocenters. The maximum Gasteiger partial charge on any atom is 0.0814 e. The van der Waals surface area contributed by atoms with Crippen molar-refractivity contribution in [3.8, 4) is 0 Å². The average molecular weight is 542 g/mol. The molecule has 3 aromatic carbocycles. The highest BCUT2D eigenvalue weighted by atomic mass is 15.3. The molecule has 0 aliphatic carbocycles. The Bertz CT molecular complexity index is 852. The summed E-state index contributed by atoms with van der Waals surface area (Å²) in [5, 5.41) is 0. The van der Waals surface area contributed by atoms with E-state index >= 15 is 0 Å². The molecule has 0 aliphatic heterocycles. The van der Waals surface area contributed by atoms with Crippen LogP contribution in [0.4, 0.5) is 0 Å². The predicted molar refractivity (Wildman–Crippen MR) is 183 cm³/mol. The van der Waals surface area contributed by atoms with Gasteiger partial charge in [0.05, 0.1) is 32.3 Å². The standard InChI is InChI=1S/C22H24B.C16H36N/c1-2-3-19-23(20-13-7-4-8-14-20,21-15-9-5-10-16-21)22-17-11-6-12-18-22;1-5-9-13-17(14-10-6-2,15-11-7-3)16-12-8-4/h4-18H,2-3,19H2,1H3;5-16H2,1-4H3/q-1;+1. The van der Waals surface area contributed by atoms with E-state index in [2.05, 4.69) is 126 Å². The van der Waals surface area contributed by atoms with Gasteiger partial charge in [0, 0.05) is 0 Å². The third kappa shape index (κ3) is 10.3. The molecule has 1 nitrogen and oxygen atoms in total. The lowest BCUT2D eigenvalue weighted by molar-refractivity contribution is -0.929. The molecule has 0 bridgehead atoms. The first-order chi connectivity index (χ1) is 19.6. The van der Waals surface area contributed by atoms with Crippen molar-refractivity contribution in [1.29, 1.82) is 0 Å². The molecule has 0 saturated heterocycles. The van der Waals surface area contributed by atoms with E-state index in [-0.39, 0.29) is 0 Å². The number of nitrogens with zero attached hydrogens (tertiary/aromatic N) is 1. The highest BCUT2D eigenvalue weighted by Crippen LogP contribution is 2.17. The summed E-state index contributed by atoms with van der Waals surface area (Å²) in [5.74, 6) is 0. The maximum absolute atomic E-state index is 2.33. The van der Waals surface area contributed by atoms with Crippen molar-refractivity contribution in [2.24, 2.45) is 0 Å². The number of unbranched alkanes of at least 4 members (excludes halogenated alkanes) is 5. The van der Waals surface area contributed by atoms with E-state index in [0.29, 0.717) is 0 Å². The van der Waals surface area contributed by atoms with Gasteiger partial charge in [-0.3, -0.25) is 0 Å². The van der Waals surface area contributed by atoms with Gasteiger partial charge >= 0.3 is 0 Å². The van der Waals surface area contributed by atoms with Crippen LogP contribution in [0.5, 0.6) is 0 Å². The summed E-state index contributed by atoms with van der Waals surface area (Å²) in [7, 11) is 0. The van der Waals surface area contributed by atoms with E-state index in [1.807, 2.05) is 0 Å². The van der Waals surface area contributed by atoms with Crippen molar-refractivity contribution in [1.82, 2.24) is 0 Å². The van der Waals surface area contributed by atoms with Crippen molar-refractivity contribution in [3.63, 3.8) is 0 Å². The van der Waals surface area contributed by atoms with Gasteiger partial charge in [-0.05, 0) is 25.7 Å².